The van der Waals surface area contributed by atoms with Crippen LogP contribution in [-0.2, 0) is 4.79 Å². The number of likely N-dealkylation sites (N-methyl/N-ethyl adjacent to an activating group) is 1. The van der Waals surface area contributed by atoms with Crippen LogP contribution in [-0.4, -0.2) is 46.3 Å². The van der Waals surface area contributed by atoms with Crippen LogP contribution in [0.2, 0.25) is 0 Å². The summed E-state index contributed by atoms with van der Waals surface area (Å²) in [7, 11) is 1.50. The highest BCUT2D eigenvalue weighted by Crippen LogP contribution is 2.13. The van der Waals surface area contributed by atoms with Crippen molar-refractivity contribution in [2.45, 2.75) is 25.5 Å². The van der Waals surface area contributed by atoms with Gasteiger partial charge in [0.2, 0.25) is 0 Å². The number of rotatable bonds is 5. The molecule has 0 aliphatic rings. The molecule has 0 heterocycles. The minimum atomic E-state index is -1.14. The number of carbonyl (C=O) groups excluding carboxylic acids is 1. The van der Waals surface area contributed by atoms with Gasteiger partial charge in [-0.15, -0.1) is 0 Å². The average molecular weight is 280 g/mol. The minimum absolute atomic E-state index is 0.0972. The number of urea groups is 1. The van der Waals surface area contributed by atoms with Gasteiger partial charge in [0.25, 0.3) is 0 Å². The first-order chi connectivity index (χ1) is 9.20. The van der Waals surface area contributed by atoms with Gasteiger partial charge >= 0.3 is 12.0 Å². The molecular formula is C14H20N2O4. The summed E-state index contributed by atoms with van der Waals surface area (Å²) in [5, 5.41) is 21.3. The number of benzene rings is 1. The van der Waals surface area contributed by atoms with E-state index in [4.69, 9.17) is 0 Å². The predicted octanol–water partition coefficient (Wildman–Crippen LogP) is 1.22. The van der Waals surface area contributed by atoms with Gasteiger partial charge in [-0.25, -0.2) is 9.59 Å². The van der Waals surface area contributed by atoms with Gasteiger partial charge in [-0.3, -0.25) is 0 Å². The molecule has 2 amide bonds. The first kappa shape index (κ1) is 16.0. The zero-order valence-corrected chi connectivity index (χ0v) is 11.8. The molecule has 0 aliphatic carbocycles. The number of nitrogens with zero attached hydrogens (tertiary/aromatic N) is 1. The van der Waals surface area contributed by atoms with Crippen LogP contribution in [0.3, 0.4) is 0 Å². The fraction of sp³-hybridized carbons (Fsp3) is 0.429. The maximum absolute atomic E-state index is 11.9. The van der Waals surface area contributed by atoms with E-state index in [1.165, 1.54) is 11.9 Å². The molecule has 6 nitrogen and oxygen atoms in total. The van der Waals surface area contributed by atoms with Gasteiger partial charge < -0.3 is 20.4 Å². The molecule has 0 fully saturated rings. The summed E-state index contributed by atoms with van der Waals surface area (Å²) < 4.78 is 0. The molecule has 1 aromatic carbocycles. The highest BCUT2D eigenvalue weighted by Gasteiger charge is 2.25. The zero-order chi connectivity index (χ0) is 15.3. The van der Waals surface area contributed by atoms with Gasteiger partial charge in [-0.2, -0.15) is 0 Å². The Balaban J connectivity index is 2.77. The fourth-order valence-corrected chi connectivity index (χ4v) is 1.82. The van der Waals surface area contributed by atoms with E-state index in [1.807, 2.05) is 0 Å². The molecule has 0 spiro atoms. The molecule has 0 saturated carbocycles. The van der Waals surface area contributed by atoms with Crippen molar-refractivity contribution < 1.29 is 19.8 Å². The van der Waals surface area contributed by atoms with Gasteiger partial charge in [-0.05, 0) is 19.4 Å². The molecule has 6 heteroatoms. The topological polar surface area (TPSA) is 89.9 Å². The second-order valence-corrected chi connectivity index (χ2v) is 5.30. The number of nitrogens with one attached hydrogen (secondary N) is 1. The van der Waals surface area contributed by atoms with Gasteiger partial charge in [0, 0.05) is 7.05 Å². The average Bonchev–Trinajstić information content (AvgIpc) is 2.34. The Hall–Kier alpha value is -2.08. The van der Waals surface area contributed by atoms with E-state index < -0.39 is 23.6 Å². The molecule has 20 heavy (non-hydrogen) atoms. The number of hydrogen-bond donors (Lipinski definition) is 3. The fourth-order valence-electron chi connectivity index (χ4n) is 1.82. The molecule has 1 unspecified atom stereocenters. The molecule has 1 atom stereocenters. The Kier molecular flexibility index (Phi) is 5.10. The maximum Gasteiger partial charge on any atom is 0.330 e. The summed E-state index contributed by atoms with van der Waals surface area (Å²) in [5.74, 6) is -1.14. The number of carboxylic acids is 1. The lowest BCUT2D eigenvalue weighted by molar-refractivity contribution is -0.139. The molecular weight excluding hydrogens is 260 g/mol. The molecule has 3 N–H and O–H groups in total. The molecule has 0 radical (unpaired) electrons. The lowest BCUT2D eigenvalue weighted by Crippen LogP contribution is -2.46. The van der Waals surface area contributed by atoms with Crippen LogP contribution in [0.4, 0.5) is 4.79 Å². The summed E-state index contributed by atoms with van der Waals surface area (Å²) >= 11 is 0. The van der Waals surface area contributed by atoms with Crippen LogP contribution in [0, 0.1) is 0 Å². The molecule has 0 saturated heterocycles. The van der Waals surface area contributed by atoms with E-state index in [0.717, 1.165) is 0 Å². The van der Waals surface area contributed by atoms with E-state index in [1.54, 1.807) is 44.2 Å². The number of amides is 2. The van der Waals surface area contributed by atoms with Crippen LogP contribution in [0.15, 0.2) is 30.3 Å². The number of aliphatic carboxylic acids is 1. The first-order valence-electron chi connectivity index (χ1n) is 6.22. The molecule has 1 rings (SSSR count). The second-order valence-electron chi connectivity index (χ2n) is 5.30. The minimum Gasteiger partial charge on any atom is -0.479 e. The molecule has 1 aromatic rings. The normalized spacial score (nSPS) is 12.6. The Bertz CT molecular complexity index is 468. The van der Waals surface area contributed by atoms with E-state index in [0.29, 0.717) is 5.56 Å². The lowest BCUT2D eigenvalue weighted by Gasteiger charge is -2.27. The van der Waals surface area contributed by atoms with Crippen molar-refractivity contribution in [3.63, 3.8) is 0 Å². The third-order valence-corrected chi connectivity index (χ3v) is 2.62. The number of carboxylic acid groups (broad SMARTS) is 1. The van der Waals surface area contributed by atoms with Gasteiger partial charge in [0.15, 0.2) is 6.04 Å². The van der Waals surface area contributed by atoms with E-state index in [9.17, 15) is 19.8 Å². The van der Waals surface area contributed by atoms with Crippen molar-refractivity contribution in [2.75, 3.05) is 13.6 Å². The van der Waals surface area contributed by atoms with Crippen LogP contribution < -0.4 is 5.32 Å². The summed E-state index contributed by atoms with van der Waals surface area (Å²) in [4.78, 5) is 24.5. The largest absolute Gasteiger partial charge is 0.479 e. The Morgan fingerprint density at radius 3 is 2.30 bits per heavy atom. The van der Waals surface area contributed by atoms with Crippen molar-refractivity contribution in [2.24, 2.45) is 0 Å². The second kappa shape index (κ2) is 6.38. The number of hydrogen-bond acceptors (Lipinski definition) is 3. The van der Waals surface area contributed by atoms with Crippen LogP contribution in [0.25, 0.3) is 0 Å². The SMILES string of the molecule is CN(CC(C)(C)O)C(=O)NC(C(=O)O)c1ccccc1. The van der Waals surface area contributed by atoms with Crippen molar-refractivity contribution in [3.8, 4) is 0 Å². The molecule has 110 valence electrons. The highest BCUT2D eigenvalue weighted by atomic mass is 16.4. The summed E-state index contributed by atoms with van der Waals surface area (Å²) in [5.41, 5.74) is -0.553. The van der Waals surface area contributed by atoms with Gasteiger partial charge in [0.05, 0.1) is 12.1 Å². The Morgan fingerprint density at radius 1 is 1.30 bits per heavy atom. The standard InChI is InChI=1S/C14H20N2O4/c1-14(2,20)9-16(3)13(19)15-11(12(17)18)10-7-5-4-6-8-10/h4-8,11,20H,9H2,1-3H3,(H,15,19)(H,17,18). The van der Waals surface area contributed by atoms with Gasteiger partial charge in [0.1, 0.15) is 0 Å². The van der Waals surface area contributed by atoms with Crippen molar-refractivity contribution in [1.82, 2.24) is 10.2 Å². The van der Waals surface area contributed by atoms with E-state index >= 15 is 0 Å². The van der Waals surface area contributed by atoms with Crippen molar-refractivity contribution in [1.29, 1.82) is 0 Å². The number of aliphatic hydroxyl groups is 1. The zero-order valence-electron chi connectivity index (χ0n) is 11.8. The van der Waals surface area contributed by atoms with Crippen LogP contribution in [0.1, 0.15) is 25.5 Å². The first-order valence-corrected chi connectivity index (χ1v) is 6.22. The summed E-state index contributed by atoms with van der Waals surface area (Å²) in [6.07, 6.45) is 0. The van der Waals surface area contributed by atoms with Gasteiger partial charge in [-0.1, -0.05) is 30.3 Å². The van der Waals surface area contributed by atoms with Crippen molar-refractivity contribution >= 4 is 12.0 Å². The van der Waals surface area contributed by atoms with Crippen LogP contribution in [0.5, 0.6) is 0 Å². The third kappa shape index (κ3) is 4.89. The summed E-state index contributed by atoms with van der Waals surface area (Å²) in [6.45, 7) is 3.24. The Morgan fingerprint density at radius 2 is 1.85 bits per heavy atom. The van der Waals surface area contributed by atoms with Crippen LogP contribution >= 0.6 is 0 Å². The number of carbonyl (C=O) groups is 2. The molecule has 0 bridgehead atoms. The van der Waals surface area contributed by atoms with Crippen molar-refractivity contribution in [3.05, 3.63) is 35.9 Å². The van der Waals surface area contributed by atoms with E-state index in [2.05, 4.69) is 5.32 Å². The smallest absolute Gasteiger partial charge is 0.330 e. The Labute approximate surface area is 118 Å². The predicted molar refractivity (Wildman–Crippen MR) is 74.3 cm³/mol. The monoisotopic (exact) mass is 280 g/mol. The third-order valence-electron chi connectivity index (χ3n) is 2.62. The lowest BCUT2D eigenvalue weighted by atomic mass is 10.1. The maximum atomic E-state index is 11.9. The summed E-state index contributed by atoms with van der Waals surface area (Å²) in [6, 6.07) is 6.78. The highest BCUT2D eigenvalue weighted by molar-refractivity contribution is 5.83. The molecule has 0 aromatic heterocycles. The molecule has 0 aliphatic heterocycles. The van der Waals surface area contributed by atoms with E-state index in [-0.39, 0.29) is 6.54 Å². The quantitative estimate of drug-likeness (QED) is 0.756.